The summed E-state index contributed by atoms with van der Waals surface area (Å²) >= 11 is 0. The zero-order valence-corrected chi connectivity index (χ0v) is 12.9. The van der Waals surface area contributed by atoms with Crippen molar-refractivity contribution in [3.63, 3.8) is 0 Å². The maximum absolute atomic E-state index is 12.7. The van der Waals surface area contributed by atoms with Crippen molar-refractivity contribution < 1.29 is 4.79 Å². The van der Waals surface area contributed by atoms with E-state index in [-0.39, 0.29) is 12.2 Å². The SMILES string of the molecule is CCC1NC(CC(C)C)C(=O)N1C1CCCN(C)C1. The predicted octanol–water partition coefficient (Wildman–Crippen LogP) is 1.66. The first-order valence-corrected chi connectivity index (χ1v) is 7.79. The van der Waals surface area contributed by atoms with Gasteiger partial charge in [-0.25, -0.2) is 0 Å². The number of hydrogen-bond donors (Lipinski definition) is 1. The van der Waals surface area contributed by atoms with Crippen LogP contribution in [0.2, 0.25) is 0 Å². The Hall–Kier alpha value is -0.610. The minimum atomic E-state index is 0.0391. The third-order valence-corrected chi connectivity index (χ3v) is 4.37. The van der Waals surface area contributed by atoms with Gasteiger partial charge >= 0.3 is 0 Å². The molecule has 2 aliphatic heterocycles. The van der Waals surface area contributed by atoms with Crippen LogP contribution >= 0.6 is 0 Å². The van der Waals surface area contributed by atoms with Gasteiger partial charge in [-0.05, 0) is 45.2 Å². The van der Waals surface area contributed by atoms with E-state index in [2.05, 4.69) is 42.9 Å². The van der Waals surface area contributed by atoms with Gasteiger partial charge in [-0.15, -0.1) is 0 Å². The molecule has 110 valence electrons. The summed E-state index contributed by atoms with van der Waals surface area (Å²) in [5.41, 5.74) is 0. The molecule has 2 saturated heterocycles. The van der Waals surface area contributed by atoms with Crippen LogP contribution in [0, 0.1) is 5.92 Å². The first kappa shape index (κ1) is 14.8. The molecule has 1 N–H and O–H groups in total. The molecule has 2 fully saturated rings. The maximum Gasteiger partial charge on any atom is 0.241 e. The van der Waals surface area contributed by atoms with Crippen molar-refractivity contribution >= 4 is 5.91 Å². The summed E-state index contributed by atoms with van der Waals surface area (Å²) < 4.78 is 0. The van der Waals surface area contributed by atoms with E-state index in [1.807, 2.05) is 0 Å². The van der Waals surface area contributed by atoms with Crippen LogP contribution in [0.25, 0.3) is 0 Å². The summed E-state index contributed by atoms with van der Waals surface area (Å²) in [5, 5.41) is 3.54. The summed E-state index contributed by atoms with van der Waals surface area (Å²) in [7, 11) is 2.16. The van der Waals surface area contributed by atoms with Crippen molar-refractivity contribution in [1.29, 1.82) is 0 Å². The molecule has 2 rings (SSSR count). The third kappa shape index (κ3) is 3.29. The van der Waals surface area contributed by atoms with Gasteiger partial charge in [0.1, 0.15) is 0 Å². The van der Waals surface area contributed by atoms with Crippen LogP contribution in [-0.2, 0) is 4.79 Å². The number of likely N-dealkylation sites (N-methyl/N-ethyl adjacent to an activating group) is 1. The van der Waals surface area contributed by atoms with Gasteiger partial charge in [0.15, 0.2) is 0 Å². The quantitative estimate of drug-likeness (QED) is 0.841. The second-order valence-electron chi connectivity index (χ2n) is 6.58. The van der Waals surface area contributed by atoms with Crippen molar-refractivity contribution in [2.45, 2.75) is 64.7 Å². The van der Waals surface area contributed by atoms with Gasteiger partial charge in [-0.2, -0.15) is 0 Å². The Kier molecular flexibility index (Phi) is 4.85. The average molecular weight is 267 g/mol. The fourth-order valence-electron chi connectivity index (χ4n) is 3.47. The van der Waals surface area contributed by atoms with E-state index in [4.69, 9.17) is 0 Å². The fourth-order valence-corrected chi connectivity index (χ4v) is 3.47. The maximum atomic E-state index is 12.7. The Balaban J connectivity index is 2.06. The van der Waals surface area contributed by atoms with Gasteiger partial charge < -0.3 is 9.80 Å². The Labute approximate surface area is 117 Å². The molecule has 2 aliphatic rings. The standard InChI is InChI=1S/C15H29N3O/c1-5-14-16-13(9-11(2)3)15(19)18(14)12-7-6-8-17(4)10-12/h11-14,16H,5-10H2,1-4H3. The number of piperidine rings is 1. The molecule has 19 heavy (non-hydrogen) atoms. The highest BCUT2D eigenvalue weighted by Gasteiger charge is 2.42. The number of carbonyl (C=O) groups is 1. The number of amides is 1. The molecule has 0 aliphatic carbocycles. The van der Waals surface area contributed by atoms with Crippen LogP contribution in [0.1, 0.15) is 46.5 Å². The van der Waals surface area contributed by atoms with Crippen molar-refractivity contribution in [2.75, 3.05) is 20.1 Å². The van der Waals surface area contributed by atoms with E-state index in [1.54, 1.807) is 0 Å². The molecule has 0 bridgehead atoms. The minimum Gasteiger partial charge on any atom is -0.322 e. The summed E-state index contributed by atoms with van der Waals surface area (Å²) in [6, 6.07) is 0.443. The number of carbonyl (C=O) groups excluding carboxylic acids is 1. The van der Waals surface area contributed by atoms with Crippen LogP contribution in [0.5, 0.6) is 0 Å². The minimum absolute atomic E-state index is 0.0391. The summed E-state index contributed by atoms with van der Waals surface area (Å²) in [6.45, 7) is 8.73. The molecule has 0 aromatic carbocycles. The lowest BCUT2D eigenvalue weighted by molar-refractivity contribution is -0.133. The normalized spacial score (nSPS) is 33.4. The average Bonchev–Trinajstić information content (AvgIpc) is 2.65. The summed E-state index contributed by atoms with van der Waals surface area (Å²) in [4.78, 5) is 17.2. The first-order chi connectivity index (χ1) is 9.02. The Morgan fingerprint density at radius 1 is 1.42 bits per heavy atom. The van der Waals surface area contributed by atoms with E-state index < -0.39 is 0 Å². The molecule has 0 aromatic rings. The van der Waals surface area contributed by atoms with Gasteiger partial charge in [-0.1, -0.05) is 20.8 Å². The van der Waals surface area contributed by atoms with Crippen LogP contribution < -0.4 is 5.32 Å². The monoisotopic (exact) mass is 267 g/mol. The molecule has 3 unspecified atom stereocenters. The smallest absolute Gasteiger partial charge is 0.241 e. The highest BCUT2D eigenvalue weighted by molar-refractivity contribution is 5.84. The first-order valence-electron chi connectivity index (χ1n) is 7.79. The van der Waals surface area contributed by atoms with E-state index in [0.29, 0.717) is 17.9 Å². The molecule has 2 heterocycles. The highest BCUT2D eigenvalue weighted by Crippen LogP contribution is 2.25. The van der Waals surface area contributed by atoms with Gasteiger partial charge in [0.25, 0.3) is 0 Å². The van der Waals surface area contributed by atoms with Gasteiger partial charge in [-0.3, -0.25) is 10.1 Å². The summed E-state index contributed by atoms with van der Waals surface area (Å²) in [6.07, 6.45) is 4.56. The van der Waals surface area contributed by atoms with Gasteiger partial charge in [0.05, 0.1) is 12.2 Å². The third-order valence-electron chi connectivity index (χ3n) is 4.37. The lowest BCUT2D eigenvalue weighted by Gasteiger charge is -2.38. The van der Waals surface area contributed by atoms with Crippen LogP contribution in [0.3, 0.4) is 0 Å². The van der Waals surface area contributed by atoms with Gasteiger partial charge in [0, 0.05) is 12.6 Å². The number of rotatable bonds is 4. The van der Waals surface area contributed by atoms with Crippen LogP contribution in [-0.4, -0.2) is 54.1 Å². The molecule has 4 heteroatoms. The molecule has 0 aromatic heterocycles. The van der Waals surface area contributed by atoms with Crippen molar-refractivity contribution in [3.05, 3.63) is 0 Å². The Morgan fingerprint density at radius 2 is 2.16 bits per heavy atom. The Morgan fingerprint density at radius 3 is 2.74 bits per heavy atom. The molecular formula is C15H29N3O. The number of hydrogen-bond acceptors (Lipinski definition) is 3. The van der Waals surface area contributed by atoms with E-state index in [9.17, 15) is 4.79 Å². The predicted molar refractivity (Wildman–Crippen MR) is 77.8 cm³/mol. The van der Waals surface area contributed by atoms with E-state index in [0.717, 1.165) is 32.4 Å². The Bertz CT molecular complexity index is 319. The molecule has 0 radical (unpaired) electrons. The lowest BCUT2D eigenvalue weighted by Crippen LogP contribution is -2.51. The second-order valence-corrected chi connectivity index (χ2v) is 6.58. The molecule has 0 spiro atoms. The molecule has 3 atom stereocenters. The van der Waals surface area contributed by atoms with Crippen molar-refractivity contribution in [2.24, 2.45) is 5.92 Å². The molecule has 1 amide bonds. The van der Waals surface area contributed by atoms with Crippen LogP contribution in [0.4, 0.5) is 0 Å². The van der Waals surface area contributed by atoms with Crippen molar-refractivity contribution in [3.8, 4) is 0 Å². The van der Waals surface area contributed by atoms with Gasteiger partial charge in [0.2, 0.25) is 5.91 Å². The molecule has 0 saturated carbocycles. The zero-order chi connectivity index (χ0) is 14.0. The lowest BCUT2D eigenvalue weighted by atomic mass is 10.0. The highest BCUT2D eigenvalue weighted by atomic mass is 16.2. The molecule has 4 nitrogen and oxygen atoms in total. The summed E-state index contributed by atoms with van der Waals surface area (Å²) in [5.74, 6) is 0.897. The number of nitrogens with zero attached hydrogens (tertiary/aromatic N) is 2. The number of likely N-dealkylation sites (tertiary alicyclic amines) is 1. The zero-order valence-electron chi connectivity index (χ0n) is 12.9. The largest absolute Gasteiger partial charge is 0.322 e. The van der Waals surface area contributed by atoms with E-state index in [1.165, 1.54) is 6.42 Å². The second kappa shape index (κ2) is 6.23. The topological polar surface area (TPSA) is 35.6 Å². The number of nitrogens with one attached hydrogen (secondary N) is 1. The van der Waals surface area contributed by atoms with E-state index >= 15 is 0 Å². The molecular weight excluding hydrogens is 238 g/mol. The van der Waals surface area contributed by atoms with Crippen molar-refractivity contribution in [1.82, 2.24) is 15.1 Å². The van der Waals surface area contributed by atoms with Crippen LogP contribution in [0.15, 0.2) is 0 Å². The fraction of sp³-hybridized carbons (Fsp3) is 0.933.